The van der Waals surface area contributed by atoms with E-state index in [0.717, 1.165) is 17.9 Å². The fourth-order valence-electron chi connectivity index (χ4n) is 1.79. The van der Waals surface area contributed by atoms with Gasteiger partial charge in [0.1, 0.15) is 0 Å². The van der Waals surface area contributed by atoms with Crippen LogP contribution in [-0.4, -0.2) is 6.54 Å². The van der Waals surface area contributed by atoms with Gasteiger partial charge in [-0.3, -0.25) is 0 Å². The van der Waals surface area contributed by atoms with Gasteiger partial charge in [0.25, 0.3) is 0 Å². The minimum atomic E-state index is 0.620. The summed E-state index contributed by atoms with van der Waals surface area (Å²) in [5.74, 6) is 0. The van der Waals surface area contributed by atoms with Crippen molar-refractivity contribution in [2.24, 2.45) is 5.73 Å². The van der Waals surface area contributed by atoms with Crippen LogP contribution in [0.15, 0.2) is 24.3 Å². The maximum Gasteiger partial charge on any atom is 0.0409 e. The van der Waals surface area contributed by atoms with Crippen molar-refractivity contribution in [1.29, 1.82) is 0 Å². The molecule has 0 unspecified atom stereocenters. The Morgan fingerprint density at radius 3 is 3.00 bits per heavy atom. The van der Waals surface area contributed by atoms with Gasteiger partial charge in [-0.2, -0.15) is 0 Å². The van der Waals surface area contributed by atoms with Crippen molar-refractivity contribution < 1.29 is 0 Å². The summed E-state index contributed by atoms with van der Waals surface area (Å²) in [7, 11) is 0. The van der Waals surface area contributed by atoms with Crippen molar-refractivity contribution in [2.75, 3.05) is 6.54 Å². The zero-order chi connectivity index (χ0) is 9.26. The minimum absolute atomic E-state index is 0.620. The van der Waals surface area contributed by atoms with Crippen LogP contribution in [0.25, 0.3) is 5.57 Å². The van der Waals surface area contributed by atoms with Gasteiger partial charge in [0.2, 0.25) is 0 Å². The first-order valence-electron chi connectivity index (χ1n) is 4.49. The molecule has 2 rings (SSSR count). The van der Waals surface area contributed by atoms with E-state index in [2.05, 4.69) is 12.1 Å². The van der Waals surface area contributed by atoms with Crippen LogP contribution in [0.1, 0.15) is 17.5 Å². The molecule has 0 spiro atoms. The van der Waals surface area contributed by atoms with E-state index in [1.807, 2.05) is 12.1 Å². The van der Waals surface area contributed by atoms with E-state index in [0.29, 0.717) is 6.54 Å². The molecule has 68 valence electrons. The molecule has 1 aromatic carbocycles. The molecule has 2 heteroatoms. The maximum absolute atomic E-state index is 5.92. The highest BCUT2D eigenvalue weighted by Gasteiger charge is 2.10. The molecule has 0 saturated carbocycles. The highest BCUT2D eigenvalue weighted by Crippen LogP contribution is 2.27. The Kier molecular flexibility index (Phi) is 2.38. The van der Waals surface area contributed by atoms with Gasteiger partial charge in [-0.25, -0.2) is 0 Å². The number of benzene rings is 1. The lowest BCUT2D eigenvalue weighted by Crippen LogP contribution is -2.08. The summed E-state index contributed by atoms with van der Waals surface area (Å²) >= 11 is 5.92. The van der Waals surface area contributed by atoms with Gasteiger partial charge in [0.05, 0.1) is 0 Å². The lowest BCUT2D eigenvalue weighted by atomic mass is 9.91. The Morgan fingerprint density at radius 2 is 2.23 bits per heavy atom. The normalized spacial score (nSPS) is 15.1. The Balaban J connectivity index is 2.49. The Hall–Kier alpha value is -0.790. The molecule has 0 fully saturated rings. The van der Waals surface area contributed by atoms with Crippen molar-refractivity contribution in [1.82, 2.24) is 0 Å². The average molecular weight is 194 g/mol. The molecule has 1 nitrogen and oxygen atoms in total. The summed E-state index contributed by atoms with van der Waals surface area (Å²) in [6.07, 6.45) is 4.38. The molecule has 0 aliphatic heterocycles. The first-order valence-corrected chi connectivity index (χ1v) is 4.87. The van der Waals surface area contributed by atoms with E-state index < -0.39 is 0 Å². The second-order valence-electron chi connectivity index (χ2n) is 3.27. The van der Waals surface area contributed by atoms with Crippen LogP contribution in [0, 0.1) is 0 Å². The number of hydrogen-bond acceptors (Lipinski definition) is 1. The van der Waals surface area contributed by atoms with Gasteiger partial charge in [-0.1, -0.05) is 23.7 Å². The van der Waals surface area contributed by atoms with Gasteiger partial charge < -0.3 is 5.73 Å². The topological polar surface area (TPSA) is 26.0 Å². The molecule has 2 N–H and O–H groups in total. The second-order valence-corrected chi connectivity index (χ2v) is 3.71. The molecule has 0 saturated heterocycles. The van der Waals surface area contributed by atoms with Crippen molar-refractivity contribution in [2.45, 2.75) is 12.8 Å². The van der Waals surface area contributed by atoms with E-state index in [1.165, 1.54) is 16.7 Å². The number of hydrogen-bond donors (Lipinski definition) is 1. The molecule has 0 bridgehead atoms. The predicted molar refractivity (Wildman–Crippen MR) is 56.8 cm³/mol. The Labute approximate surface area is 83.2 Å². The molecule has 1 aromatic rings. The fourth-order valence-corrected chi connectivity index (χ4v) is 1.98. The molecular weight excluding hydrogens is 182 g/mol. The summed E-state index contributed by atoms with van der Waals surface area (Å²) < 4.78 is 0. The third-order valence-corrected chi connectivity index (χ3v) is 2.67. The summed E-state index contributed by atoms with van der Waals surface area (Å²) in [6.45, 7) is 0.620. The van der Waals surface area contributed by atoms with Gasteiger partial charge in [-0.05, 0) is 41.7 Å². The SMILES string of the molecule is NCC1=CCCc2cc(Cl)ccc21. The van der Waals surface area contributed by atoms with Crippen LogP contribution < -0.4 is 5.73 Å². The molecule has 0 aromatic heterocycles. The number of halogens is 1. The maximum atomic E-state index is 5.92. The molecule has 0 heterocycles. The van der Waals surface area contributed by atoms with Crippen LogP contribution in [0.5, 0.6) is 0 Å². The third-order valence-electron chi connectivity index (χ3n) is 2.44. The van der Waals surface area contributed by atoms with Crippen molar-refractivity contribution in [3.63, 3.8) is 0 Å². The number of fused-ring (bicyclic) bond motifs is 1. The molecule has 0 radical (unpaired) electrons. The summed E-state index contributed by atoms with van der Waals surface area (Å²) in [4.78, 5) is 0. The van der Waals surface area contributed by atoms with E-state index >= 15 is 0 Å². The lowest BCUT2D eigenvalue weighted by Gasteiger charge is -2.16. The van der Waals surface area contributed by atoms with E-state index in [9.17, 15) is 0 Å². The predicted octanol–water partition coefficient (Wildman–Crippen LogP) is 2.63. The highest BCUT2D eigenvalue weighted by molar-refractivity contribution is 6.30. The van der Waals surface area contributed by atoms with Crippen molar-refractivity contribution >= 4 is 17.2 Å². The van der Waals surface area contributed by atoms with Crippen LogP contribution >= 0.6 is 11.6 Å². The molecule has 1 aliphatic rings. The quantitative estimate of drug-likeness (QED) is 0.729. The average Bonchev–Trinajstić information content (AvgIpc) is 2.16. The van der Waals surface area contributed by atoms with Gasteiger partial charge >= 0.3 is 0 Å². The van der Waals surface area contributed by atoms with E-state index in [-0.39, 0.29) is 0 Å². The van der Waals surface area contributed by atoms with Crippen molar-refractivity contribution in [3.05, 3.63) is 40.4 Å². The molecule has 1 aliphatic carbocycles. The zero-order valence-corrected chi connectivity index (χ0v) is 8.14. The number of aryl methyl sites for hydroxylation is 1. The van der Waals surface area contributed by atoms with Gasteiger partial charge in [0.15, 0.2) is 0 Å². The van der Waals surface area contributed by atoms with Crippen LogP contribution in [0.2, 0.25) is 5.02 Å². The van der Waals surface area contributed by atoms with Crippen LogP contribution in [0.3, 0.4) is 0 Å². The summed E-state index contributed by atoms with van der Waals surface area (Å²) in [6, 6.07) is 6.03. The number of rotatable bonds is 1. The van der Waals surface area contributed by atoms with Gasteiger partial charge in [-0.15, -0.1) is 0 Å². The van der Waals surface area contributed by atoms with E-state index in [4.69, 9.17) is 17.3 Å². The number of allylic oxidation sites excluding steroid dienone is 1. The van der Waals surface area contributed by atoms with Crippen molar-refractivity contribution in [3.8, 4) is 0 Å². The van der Waals surface area contributed by atoms with Gasteiger partial charge in [0, 0.05) is 11.6 Å². The minimum Gasteiger partial charge on any atom is -0.326 e. The first kappa shape index (κ1) is 8.79. The lowest BCUT2D eigenvalue weighted by molar-refractivity contribution is 0.967. The Morgan fingerprint density at radius 1 is 1.38 bits per heavy atom. The standard InChI is InChI=1S/C11H12ClN/c12-10-4-5-11-8(6-10)2-1-3-9(11)7-13/h3-6H,1-2,7,13H2. The zero-order valence-electron chi connectivity index (χ0n) is 7.39. The fraction of sp³-hybridized carbons (Fsp3) is 0.273. The van der Waals surface area contributed by atoms with Crippen LogP contribution in [0.4, 0.5) is 0 Å². The summed E-state index contributed by atoms with van der Waals surface area (Å²) in [5.41, 5.74) is 9.51. The molecule has 0 atom stereocenters. The molecule has 13 heavy (non-hydrogen) atoms. The summed E-state index contributed by atoms with van der Waals surface area (Å²) in [5, 5.41) is 0.817. The van der Waals surface area contributed by atoms with Crippen LogP contribution in [-0.2, 0) is 6.42 Å². The first-order chi connectivity index (χ1) is 6.31. The highest BCUT2D eigenvalue weighted by atomic mass is 35.5. The van der Waals surface area contributed by atoms with E-state index in [1.54, 1.807) is 0 Å². The number of nitrogens with two attached hydrogens (primary N) is 1. The largest absolute Gasteiger partial charge is 0.326 e. The third kappa shape index (κ3) is 1.62. The molecule has 0 amide bonds. The molecular formula is C11H12ClN. The second kappa shape index (κ2) is 3.52. The monoisotopic (exact) mass is 193 g/mol. The smallest absolute Gasteiger partial charge is 0.0409 e. The Bertz CT molecular complexity index is 355.